The van der Waals surface area contributed by atoms with Gasteiger partial charge in [0.15, 0.2) is 0 Å². The number of rotatable bonds is 6. The lowest BCUT2D eigenvalue weighted by Crippen LogP contribution is -2.03. The molecule has 126 valence electrons. The Balaban J connectivity index is 3.11. The van der Waals surface area contributed by atoms with Gasteiger partial charge < -0.3 is 15.3 Å². The second kappa shape index (κ2) is 7.86. The molecule has 0 aliphatic heterocycles. The van der Waals surface area contributed by atoms with E-state index in [0.29, 0.717) is 12.0 Å². The van der Waals surface area contributed by atoms with Crippen molar-refractivity contribution >= 4 is 5.97 Å². The Morgan fingerprint density at radius 1 is 1.13 bits per heavy atom. The van der Waals surface area contributed by atoms with Crippen LogP contribution in [0.15, 0.2) is 28.9 Å². The summed E-state index contributed by atoms with van der Waals surface area (Å²) in [7, 11) is 0. The number of allylic oxidation sites excluding steroid dienone is 4. The number of phenolic OH excluding ortho intramolecular Hbond substituents is 1. The second-order valence-corrected chi connectivity index (χ2v) is 6.28. The van der Waals surface area contributed by atoms with E-state index in [4.69, 9.17) is 0 Å². The zero-order valence-corrected chi connectivity index (χ0v) is 14.5. The van der Waals surface area contributed by atoms with Crippen molar-refractivity contribution in [3.63, 3.8) is 0 Å². The van der Waals surface area contributed by atoms with Gasteiger partial charge in [0.05, 0.1) is 0 Å². The van der Waals surface area contributed by atoms with E-state index in [1.54, 1.807) is 6.92 Å². The van der Waals surface area contributed by atoms with E-state index in [2.05, 4.69) is 19.9 Å². The standard InChI is InChI=1S/C19H26O4/c1-11(2)7-6-8-12(3)13(4)9-15-16(20)10-14(5)17(18(15)21)19(22)23/h7,10,20-21H,6,8-9H2,1-5H3,(H,22,23)/b13-12+. The number of carbonyl (C=O) groups is 1. The molecule has 0 amide bonds. The molecule has 0 saturated heterocycles. The third-order valence-electron chi connectivity index (χ3n) is 4.04. The van der Waals surface area contributed by atoms with Crippen LogP contribution in [0.2, 0.25) is 0 Å². The maximum absolute atomic E-state index is 11.3. The molecule has 0 saturated carbocycles. The first-order valence-electron chi connectivity index (χ1n) is 7.71. The highest BCUT2D eigenvalue weighted by Gasteiger charge is 2.20. The van der Waals surface area contributed by atoms with Crippen molar-refractivity contribution in [3.05, 3.63) is 45.6 Å². The molecule has 0 spiro atoms. The van der Waals surface area contributed by atoms with Gasteiger partial charge in [0.25, 0.3) is 0 Å². The molecule has 0 aliphatic carbocycles. The highest BCUT2D eigenvalue weighted by atomic mass is 16.4. The topological polar surface area (TPSA) is 77.8 Å². The predicted octanol–water partition coefficient (Wildman–Crippen LogP) is 4.73. The fourth-order valence-electron chi connectivity index (χ4n) is 2.47. The number of phenols is 2. The number of aromatic hydroxyl groups is 2. The molecule has 0 unspecified atom stereocenters. The molecule has 0 aromatic heterocycles. The summed E-state index contributed by atoms with van der Waals surface area (Å²) in [6.07, 6.45) is 4.34. The van der Waals surface area contributed by atoms with Crippen LogP contribution in [0.1, 0.15) is 62.0 Å². The Morgan fingerprint density at radius 3 is 2.26 bits per heavy atom. The molecule has 23 heavy (non-hydrogen) atoms. The van der Waals surface area contributed by atoms with Crippen LogP contribution in [-0.4, -0.2) is 21.3 Å². The lowest BCUT2D eigenvalue weighted by molar-refractivity contribution is 0.0692. The number of hydrogen-bond donors (Lipinski definition) is 3. The predicted molar refractivity (Wildman–Crippen MR) is 92.2 cm³/mol. The smallest absolute Gasteiger partial charge is 0.339 e. The highest BCUT2D eigenvalue weighted by Crippen LogP contribution is 2.35. The number of carboxylic acids is 1. The zero-order valence-electron chi connectivity index (χ0n) is 14.5. The molecule has 3 N–H and O–H groups in total. The van der Waals surface area contributed by atoms with E-state index >= 15 is 0 Å². The van der Waals surface area contributed by atoms with E-state index < -0.39 is 5.97 Å². The SMILES string of the molecule is CC(C)=CCC/C(C)=C(\C)Cc1c(O)cc(C)c(C(=O)O)c1O. The van der Waals surface area contributed by atoms with Gasteiger partial charge in [-0.15, -0.1) is 0 Å². The molecular weight excluding hydrogens is 292 g/mol. The Kier molecular flexibility index (Phi) is 6.43. The van der Waals surface area contributed by atoms with Gasteiger partial charge in [-0.3, -0.25) is 0 Å². The Labute approximate surface area is 137 Å². The number of aryl methyl sites for hydroxylation is 1. The van der Waals surface area contributed by atoms with Crippen molar-refractivity contribution in [2.75, 3.05) is 0 Å². The van der Waals surface area contributed by atoms with Crippen LogP contribution in [0.4, 0.5) is 0 Å². The van der Waals surface area contributed by atoms with Crippen molar-refractivity contribution in [1.82, 2.24) is 0 Å². The first-order chi connectivity index (χ1) is 10.6. The first-order valence-corrected chi connectivity index (χ1v) is 7.71. The summed E-state index contributed by atoms with van der Waals surface area (Å²) in [6, 6.07) is 1.39. The highest BCUT2D eigenvalue weighted by molar-refractivity contribution is 5.93. The average molecular weight is 318 g/mol. The Hall–Kier alpha value is -2.23. The number of hydrogen-bond acceptors (Lipinski definition) is 3. The molecule has 0 radical (unpaired) electrons. The van der Waals surface area contributed by atoms with Gasteiger partial charge in [0.2, 0.25) is 0 Å². The number of aromatic carboxylic acids is 1. The quantitative estimate of drug-likeness (QED) is 0.663. The maximum Gasteiger partial charge on any atom is 0.339 e. The summed E-state index contributed by atoms with van der Waals surface area (Å²) in [4.78, 5) is 11.3. The number of benzene rings is 1. The van der Waals surface area contributed by atoms with Crippen molar-refractivity contribution in [2.24, 2.45) is 0 Å². The molecule has 1 aromatic rings. The van der Waals surface area contributed by atoms with Crippen molar-refractivity contribution in [1.29, 1.82) is 0 Å². The lowest BCUT2D eigenvalue weighted by atomic mass is 9.94. The van der Waals surface area contributed by atoms with E-state index in [0.717, 1.165) is 18.4 Å². The summed E-state index contributed by atoms with van der Waals surface area (Å²) in [5.74, 6) is -1.60. The van der Waals surface area contributed by atoms with Gasteiger partial charge in [-0.05, 0) is 59.1 Å². The Bertz CT molecular complexity index is 662. The van der Waals surface area contributed by atoms with E-state index in [1.807, 2.05) is 13.8 Å². The van der Waals surface area contributed by atoms with Crippen LogP contribution in [0.25, 0.3) is 0 Å². The molecule has 1 rings (SSSR count). The van der Waals surface area contributed by atoms with Crippen LogP contribution >= 0.6 is 0 Å². The fraction of sp³-hybridized carbons (Fsp3) is 0.421. The van der Waals surface area contributed by atoms with Crippen molar-refractivity contribution < 1.29 is 20.1 Å². The number of carboxylic acid groups (broad SMARTS) is 1. The van der Waals surface area contributed by atoms with E-state index in [9.17, 15) is 20.1 Å². The van der Waals surface area contributed by atoms with Crippen LogP contribution in [0, 0.1) is 6.92 Å². The van der Waals surface area contributed by atoms with Crippen LogP contribution in [0.3, 0.4) is 0 Å². The third-order valence-corrected chi connectivity index (χ3v) is 4.04. The minimum absolute atomic E-state index is 0.0681. The van der Waals surface area contributed by atoms with Gasteiger partial charge >= 0.3 is 5.97 Å². The third kappa shape index (κ3) is 4.88. The minimum Gasteiger partial charge on any atom is -0.508 e. The normalized spacial score (nSPS) is 11.9. The van der Waals surface area contributed by atoms with Crippen LogP contribution in [0.5, 0.6) is 11.5 Å². The Morgan fingerprint density at radius 2 is 1.74 bits per heavy atom. The minimum atomic E-state index is -1.19. The van der Waals surface area contributed by atoms with Crippen LogP contribution < -0.4 is 0 Å². The summed E-state index contributed by atoms with van der Waals surface area (Å²) < 4.78 is 0. The molecular formula is C19H26O4. The second-order valence-electron chi connectivity index (χ2n) is 6.28. The molecule has 4 nitrogen and oxygen atoms in total. The summed E-state index contributed by atoms with van der Waals surface area (Å²) >= 11 is 0. The summed E-state index contributed by atoms with van der Waals surface area (Å²) in [6.45, 7) is 9.63. The molecule has 0 bridgehead atoms. The van der Waals surface area contributed by atoms with Gasteiger partial charge in [0, 0.05) is 12.0 Å². The molecule has 0 aliphatic rings. The molecule has 4 heteroatoms. The van der Waals surface area contributed by atoms with Gasteiger partial charge in [-0.1, -0.05) is 22.8 Å². The summed E-state index contributed by atoms with van der Waals surface area (Å²) in [5, 5.41) is 29.5. The zero-order chi connectivity index (χ0) is 17.7. The maximum atomic E-state index is 11.3. The average Bonchev–Trinajstić information content (AvgIpc) is 2.41. The molecule has 1 aromatic carbocycles. The molecule has 0 heterocycles. The van der Waals surface area contributed by atoms with E-state index in [1.165, 1.54) is 17.2 Å². The van der Waals surface area contributed by atoms with Crippen molar-refractivity contribution in [3.8, 4) is 11.5 Å². The van der Waals surface area contributed by atoms with Gasteiger partial charge in [0.1, 0.15) is 17.1 Å². The molecule has 0 fully saturated rings. The van der Waals surface area contributed by atoms with Gasteiger partial charge in [-0.2, -0.15) is 0 Å². The lowest BCUT2D eigenvalue weighted by Gasteiger charge is -2.14. The first kappa shape index (κ1) is 18.8. The van der Waals surface area contributed by atoms with Crippen LogP contribution in [-0.2, 0) is 6.42 Å². The fourth-order valence-corrected chi connectivity index (χ4v) is 2.47. The van der Waals surface area contributed by atoms with E-state index in [-0.39, 0.29) is 22.6 Å². The largest absolute Gasteiger partial charge is 0.508 e. The molecule has 0 atom stereocenters. The monoisotopic (exact) mass is 318 g/mol. The van der Waals surface area contributed by atoms with Crippen molar-refractivity contribution in [2.45, 2.75) is 53.9 Å². The summed E-state index contributed by atoms with van der Waals surface area (Å²) in [5.41, 5.74) is 3.95. The van der Waals surface area contributed by atoms with Gasteiger partial charge in [-0.25, -0.2) is 4.79 Å².